The number of carbonyl (C=O) groups is 2. The number of benzene rings is 2. The van der Waals surface area contributed by atoms with Gasteiger partial charge in [0.1, 0.15) is 19.3 Å². The van der Waals surface area contributed by atoms with Crippen LogP contribution in [0, 0.1) is 0 Å². The number of ether oxygens (including phenoxy) is 5. The third-order valence-electron chi connectivity index (χ3n) is 4.18. The second-order valence-electron chi connectivity index (χ2n) is 6.34. The second kappa shape index (κ2) is 10.2. The van der Waals surface area contributed by atoms with Crippen LogP contribution in [-0.2, 0) is 9.53 Å². The average molecular weight is 413 g/mol. The largest absolute Gasteiger partial charge is 0.493 e. The van der Waals surface area contributed by atoms with E-state index in [2.05, 4.69) is 11.9 Å². The molecule has 0 aliphatic carbocycles. The maximum atomic E-state index is 12.2. The smallest absolute Gasteiger partial charge is 0.338 e. The van der Waals surface area contributed by atoms with E-state index in [0.717, 1.165) is 0 Å². The minimum atomic E-state index is -0.648. The highest BCUT2D eigenvalue weighted by Gasteiger charge is 2.21. The van der Waals surface area contributed by atoms with Crippen molar-refractivity contribution in [3.8, 4) is 23.0 Å². The fraction of sp³-hybridized carbons (Fsp3) is 0.273. The monoisotopic (exact) mass is 413 g/mol. The van der Waals surface area contributed by atoms with Gasteiger partial charge in [0.15, 0.2) is 29.6 Å². The Bertz CT molecular complexity index is 912. The summed E-state index contributed by atoms with van der Waals surface area (Å²) in [6.07, 6.45) is 1.27. The van der Waals surface area contributed by atoms with E-state index >= 15 is 0 Å². The lowest BCUT2D eigenvalue weighted by Gasteiger charge is -2.26. The SMILES string of the molecule is C=CCOc1ccc(C(=O)OCC(=O)NCC2COc3ccccc3O2)cc1OC. The molecule has 2 aromatic rings. The van der Waals surface area contributed by atoms with Gasteiger partial charge in [-0.1, -0.05) is 24.8 Å². The summed E-state index contributed by atoms with van der Waals surface area (Å²) >= 11 is 0. The fourth-order valence-electron chi connectivity index (χ4n) is 2.72. The Hall–Kier alpha value is -3.68. The van der Waals surface area contributed by atoms with Crippen LogP contribution in [0.4, 0.5) is 0 Å². The van der Waals surface area contributed by atoms with Gasteiger partial charge in [-0.05, 0) is 30.3 Å². The van der Waals surface area contributed by atoms with Crippen LogP contribution in [0.15, 0.2) is 55.1 Å². The Morgan fingerprint density at radius 1 is 1.20 bits per heavy atom. The first-order chi connectivity index (χ1) is 14.6. The van der Waals surface area contributed by atoms with Gasteiger partial charge in [0, 0.05) is 0 Å². The zero-order valence-corrected chi connectivity index (χ0v) is 16.6. The molecule has 1 aliphatic rings. The molecule has 1 heterocycles. The molecule has 0 radical (unpaired) electrons. The van der Waals surface area contributed by atoms with E-state index < -0.39 is 18.5 Å². The lowest BCUT2D eigenvalue weighted by molar-refractivity contribution is -0.124. The van der Waals surface area contributed by atoms with Crippen LogP contribution >= 0.6 is 0 Å². The quantitative estimate of drug-likeness (QED) is 0.498. The molecule has 30 heavy (non-hydrogen) atoms. The zero-order valence-electron chi connectivity index (χ0n) is 16.6. The molecular formula is C22H23NO7. The van der Waals surface area contributed by atoms with Crippen molar-refractivity contribution in [2.45, 2.75) is 6.10 Å². The highest BCUT2D eigenvalue weighted by atomic mass is 16.6. The number of amides is 1. The molecule has 0 saturated carbocycles. The van der Waals surface area contributed by atoms with Gasteiger partial charge in [-0.2, -0.15) is 0 Å². The molecule has 1 aliphatic heterocycles. The lowest BCUT2D eigenvalue weighted by Crippen LogP contribution is -2.42. The normalized spacial score (nSPS) is 14.4. The minimum Gasteiger partial charge on any atom is -0.493 e. The number of nitrogens with one attached hydrogen (secondary N) is 1. The van der Waals surface area contributed by atoms with Crippen molar-refractivity contribution in [3.05, 3.63) is 60.7 Å². The second-order valence-corrected chi connectivity index (χ2v) is 6.34. The number of para-hydroxylation sites is 2. The van der Waals surface area contributed by atoms with Gasteiger partial charge in [0.05, 0.1) is 19.2 Å². The summed E-state index contributed by atoms with van der Waals surface area (Å²) in [5, 5.41) is 2.67. The van der Waals surface area contributed by atoms with Crippen LogP contribution in [0.25, 0.3) is 0 Å². The van der Waals surface area contributed by atoms with Crippen molar-refractivity contribution in [1.29, 1.82) is 0 Å². The van der Waals surface area contributed by atoms with E-state index in [1.807, 2.05) is 18.2 Å². The number of esters is 1. The van der Waals surface area contributed by atoms with Crippen molar-refractivity contribution >= 4 is 11.9 Å². The third kappa shape index (κ3) is 5.44. The summed E-state index contributed by atoms with van der Waals surface area (Å²) in [4.78, 5) is 24.3. The first kappa shape index (κ1) is 21.0. The number of methoxy groups -OCH3 is 1. The topological polar surface area (TPSA) is 92.3 Å². The molecule has 0 fully saturated rings. The van der Waals surface area contributed by atoms with E-state index in [1.54, 1.807) is 18.2 Å². The van der Waals surface area contributed by atoms with Gasteiger partial charge in [0.25, 0.3) is 5.91 Å². The summed E-state index contributed by atoms with van der Waals surface area (Å²) in [6, 6.07) is 11.9. The van der Waals surface area contributed by atoms with Crippen molar-refractivity contribution in [2.24, 2.45) is 0 Å². The predicted molar refractivity (Wildman–Crippen MR) is 108 cm³/mol. The number of hydrogen-bond donors (Lipinski definition) is 1. The maximum absolute atomic E-state index is 12.2. The summed E-state index contributed by atoms with van der Waals surface area (Å²) in [5.74, 6) is 1.07. The summed E-state index contributed by atoms with van der Waals surface area (Å²) in [7, 11) is 1.47. The van der Waals surface area contributed by atoms with Gasteiger partial charge in [-0.25, -0.2) is 4.79 Å². The molecular weight excluding hydrogens is 390 g/mol. The standard InChI is InChI=1S/C22H23NO7/c1-3-10-27-18-9-8-15(11-20(18)26-2)22(25)29-14-21(24)23-12-16-13-28-17-6-4-5-7-19(17)30-16/h3-9,11,16H,1,10,12-14H2,2H3,(H,23,24). The van der Waals surface area contributed by atoms with E-state index in [9.17, 15) is 9.59 Å². The van der Waals surface area contributed by atoms with Crippen molar-refractivity contribution in [1.82, 2.24) is 5.32 Å². The van der Waals surface area contributed by atoms with Crippen molar-refractivity contribution in [2.75, 3.05) is 33.5 Å². The lowest BCUT2D eigenvalue weighted by atomic mass is 10.2. The van der Waals surface area contributed by atoms with Crippen LogP contribution < -0.4 is 24.3 Å². The van der Waals surface area contributed by atoms with Crippen LogP contribution in [0.2, 0.25) is 0 Å². The Kier molecular flexibility index (Phi) is 7.15. The number of hydrogen-bond acceptors (Lipinski definition) is 7. The molecule has 0 spiro atoms. The van der Waals surface area contributed by atoms with Crippen LogP contribution in [0.3, 0.4) is 0 Å². The van der Waals surface area contributed by atoms with Crippen LogP contribution in [-0.4, -0.2) is 51.5 Å². The first-order valence-electron chi connectivity index (χ1n) is 9.34. The molecule has 1 amide bonds. The van der Waals surface area contributed by atoms with Gasteiger partial charge < -0.3 is 29.0 Å². The first-order valence-corrected chi connectivity index (χ1v) is 9.34. The molecule has 158 valence electrons. The predicted octanol–water partition coefficient (Wildman–Crippen LogP) is 2.37. The highest BCUT2D eigenvalue weighted by Crippen LogP contribution is 2.30. The molecule has 0 bridgehead atoms. The number of rotatable bonds is 9. The Labute approximate surface area is 174 Å². The number of carbonyl (C=O) groups excluding carboxylic acids is 2. The third-order valence-corrected chi connectivity index (χ3v) is 4.18. The van der Waals surface area contributed by atoms with Gasteiger partial charge in [0.2, 0.25) is 0 Å². The van der Waals surface area contributed by atoms with Crippen LogP contribution in [0.5, 0.6) is 23.0 Å². The van der Waals surface area contributed by atoms with Crippen molar-refractivity contribution in [3.63, 3.8) is 0 Å². The van der Waals surface area contributed by atoms with E-state index in [0.29, 0.717) is 36.2 Å². The molecule has 8 heteroatoms. The van der Waals surface area contributed by atoms with E-state index in [1.165, 1.54) is 19.2 Å². The molecule has 1 atom stereocenters. The molecule has 3 rings (SSSR count). The summed E-state index contributed by atoms with van der Waals surface area (Å²) in [5.41, 5.74) is 0.242. The molecule has 2 aromatic carbocycles. The van der Waals surface area contributed by atoms with Crippen molar-refractivity contribution < 1.29 is 33.3 Å². The number of fused-ring (bicyclic) bond motifs is 1. The fourth-order valence-corrected chi connectivity index (χ4v) is 2.72. The zero-order chi connectivity index (χ0) is 21.3. The maximum Gasteiger partial charge on any atom is 0.338 e. The van der Waals surface area contributed by atoms with E-state index in [4.69, 9.17) is 23.7 Å². The Balaban J connectivity index is 1.45. The average Bonchev–Trinajstić information content (AvgIpc) is 2.79. The molecule has 8 nitrogen and oxygen atoms in total. The Morgan fingerprint density at radius 3 is 2.77 bits per heavy atom. The molecule has 0 saturated heterocycles. The van der Waals surface area contributed by atoms with Gasteiger partial charge >= 0.3 is 5.97 Å². The molecule has 1 unspecified atom stereocenters. The minimum absolute atomic E-state index is 0.230. The Morgan fingerprint density at radius 2 is 2.00 bits per heavy atom. The van der Waals surface area contributed by atoms with Crippen LogP contribution in [0.1, 0.15) is 10.4 Å². The molecule has 1 N–H and O–H groups in total. The van der Waals surface area contributed by atoms with Gasteiger partial charge in [-0.3, -0.25) is 4.79 Å². The molecule has 0 aromatic heterocycles. The summed E-state index contributed by atoms with van der Waals surface area (Å²) in [6.45, 7) is 4.02. The highest BCUT2D eigenvalue weighted by molar-refractivity contribution is 5.92. The van der Waals surface area contributed by atoms with Gasteiger partial charge in [-0.15, -0.1) is 0 Å². The van der Waals surface area contributed by atoms with E-state index in [-0.39, 0.29) is 18.2 Å². The summed E-state index contributed by atoms with van der Waals surface area (Å²) < 4.78 is 27.1.